The molecule has 1 N–H and O–H groups in total. The zero-order valence-electron chi connectivity index (χ0n) is 12.9. The maximum atomic E-state index is 5.20. The minimum absolute atomic E-state index is 0.674. The summed E-state index contributed by atoms with van der Waals surface area (Å²) in [7, 11) is 0. The molecule has 4 nitrogen and oxygen atoms in total. The summed E-state index contributed by atoms with van der Waals surface area (Å²) in [6.07, 6.45) is 0.811. The van der Waals surface area contributed by atoms with Gasteiger partial charge >= 0.3 is 0 Å². The van der Waals surface area contributed by atoms with E-state index in [0.717, 1.165) is 31.1 Å². The molecule has 1 aromatic carbocycles. The summed E-state index contributed by atoms with van der Waals surface area (Å²) in [6, 6.07) is 8.59. The molecule has 5 heteroatoms. The van der Waals surface area contributed by atoms with E-state index in [-0.39, 0.29) is 0 Å². The zero-order chi connectivity index (χ0) is 15.1. The molecule has 0 saturated carbocycles. The highest BCUT2D eigenvalue weighted by Crippen LogP contribution is 2.23. The molecule has 0 unspecified atom stereocenters. The number of benzene rings is 1. The summed E-state index contributed by atoms with van der Waals surface area (Å²) in [5, 5.41) is 7.37. The van der Waals surface area contributed by atoms with Crippen molar-refractivity contribution in [3.63, 3.8) is 0 Å². The third-order valence-corrected chi connectivity index (χ3v) is 3.95. The Labute approximate surface area is 130 Å². The Bertz CT molecular complexity index is 554. The van der Waals surface area contributed by atoms with Crippen molar-refractivity contribution in [2.75, 3.05) is 6.54 Å². The van der Waals surface area contributed by atoms with Crippen LogP contribution in [0.4, 0.5) is 0 Å². The Morgan fingerprint density at radius 3 is 2.90 bits per heavy atom. The molecule has 1 aromatic heterocycles. The van der Waals surface area contributed by atoms with E-state index in [2.05, 4.69) is 53.6 Å². The molecule has 1 heterocycles. The van der Waals surface area contributed by atoms with Crippen molar-refractivity contribution in [3.8, 4) is 0 Å². The van der Waals surface area contributed by atoms with Crippen molar-refractivity contribution < 1.29 is 4.52 Å². The van der Waals surface area contributed by atoms with Gasteiger partial charge in [-0.05, 0) is 30.2 Å². The molecule has 2 aromatic rings. The average molecular weight is 305 g/mol. The zero-order valence-corrected chi connectivity index (χ0v) is 13.7. The van der Waals surface area contributed by atoms with Crippen LogP contribution in [0.2, 0.25) is 0 Å². The first kappa shape index (κ1) is 16.0. The summed E-state index contributed by atoms with van der Waals surface area (Å²) in [5.41, 5.74) is 1.31. The molecule has 0 saturated heterocycles. The fourth-order valence-corrected chi connectivity index (χ4v) is 2.70. The molecule has 2 rings (SSSR count). The summed E-state index contributed by atoms with van der Waals surface area (Å²) in [4.78, 5) is 5.56. The summed E-state index contributed by atoms with van der Waals surface area (Å²) < 4.78 is 5.20. The van der Waals surface area contributed by atoms with E-state index in [9.17, 15) is 0 Å². The van der Waals surface area contributed by atoms with Gasteiger partial charge in [-0.1, -0.05) is 38.1 Å². The van der Waals surface area contributed by atoms with Crippen LogP contribution in [-0.4, -0.2) is 16.7 Å². The number of thioether (sulfide) groups is 1. The van der Waals surface area contributed by atoms with Gasteiger partial charge in [0.1, 0.15) is 0 Å². The van der Waals surface area contributed by atoms with E-state index < -0.39 is 0 Å². The topological polar surface area (TPSA) is 51.0 Å². The van der Waals surface area contributed by atoms with Crippen LogP contribution in [-0.2, 0) is 18.7 Å². The van der Waals surface area contributed by atoms with Crippen molar-refractivity contribution in [2.24, 2.45) is 5.92 Å². The first-order chi connectivity index (χ1) is 10.2. The van der Waals surface area contributed by atoms with Gasteiger partial charge in [0.05, 0.1) is 5.75 Å². The highest BCUT2D eigenvalue weighted by atomic mass is 32.2. The number of hydrogen-bond donors (Lipinski definition) is 1. The molecule has 114 valence electrons. The Morgan fingerprint density at radius 1 is 1.33 bits per heavy atom. The molecule has 0 aliphatic carbocycles. The maximum absolute atomic E-state index is 5.20. The van der Waals surface area contributed by atoms with Crippen LogP contribution >= 0.6 is 11.8 Å². The van der Waals surface area contributed by atoms with E-state index in [1.165, 1.54) is 10.5 Å². The van der Waals surface area contributed by atoms with E-state index in [4.69, 9.17) is 4.52 Å². The van der Waals surface area contributed by atoms with Gasteiger partial charge in [-0.15, -0.1) is 11.8 Å². The van der Waals surface area contributed by atoms with Gasteiger partial charge < -0.3 is 9.84 Å². The van der Waals surface area contributed by atoms with Gasteiger partial charge in [0.2, 0.25) is 5.89 Å². The largest absolute Gasteiger partial charge is 0.338 e. The van der Waals surface area contributed by atoms with E-state index in [1.807, 2.05) is 6.92 Å². The fourth-order valence-electron chi connectivity index (χ4n) is 1.89. The third-order valence-electron chi connectivity index (χ3n) is 2.97. The first-order valence-electron chi connectivity index (χ1n) is 7.41. The van der Waals surface area contributed by atoms with Crippen LogP contribution in [0.1, 0.15) is 38.0 Å². The van der Waals surface area contributed by atoms with Crippen molar-refractivity contribution in [1.29, 1.82) is 0 Å². The Kier molecular flexibility index (Phi) is 6.26. The number of aromatic nitrogens is 2. The Balaban J connectivity index is 1.85. The predicted molar refractivity (Wildman–Crippen MR) is 86.2 cm³/mol. The fraction of sp³-hybridized carbons (Fsp3) is 0.500. The molecular formula is C16H23N3OS. The van der Waals surface area contributed by atoms with Crippen molar-refractivity contribution in [2.45, 2.75) is 44.4 Å². The van der Waals surface area contributed by atoms with Gasteiger partial charge in [0, 0.05) is 17.9 Å². The smallest absolute Gasteiger partial charge is 0.237 e. The van der Waals surface area contributed by atoms with E-state index >= 15 is 0 Å². The van der Waals surface area contributed by atoms with Crippen molar-refractivity contribution in [3.05, 3.63) is 41.5 Å². The summed E-state index contributed by atoms with van der Waals surface area (Å²) >= 11 is 1.73. The molecule has 0 atom stereocenters. The number of nitrogens with one attached hydrogen (secondary N) is 1. The van der Waals surface area contributed by atoms with Gasteiger partial charge in [0.25, 0.3) is 0 Å². The van der Waals surface area contributed by atoms with Crippen LogP contribution < -0.4 is 5.32 Å². The van der Waals surface area contributed by atoms with Crippen LogP contribution in [0.5, 0.6) is 0 Å². The molecular weight excluding hydrogens is 282 g/mol. The third kappa shape index (κ3) is 5.52. The van der Waals surface area contributed by atoms with E-state index in [1.54, 1.807) is 11.8 Å². The highest BCUT2D eigenvalue weighted by Gasteiger charge is 2.05. The monoisotopic (exact) mass is 305 g/mol. The average Bonchev–Trinajstić information content (AvgIpc) is 2.93. The molecule has 0 radical (unpaired) electrons. The molecule has 0 spiro atoms. The minimum Gasteiger partial charge on any atom is -0.338 e. The second-order valence-corrected chi connectivity index (χ2v) is 6.47. The summed E-state index contributed by atoms with van der Waals surface area (Å²) in [5.74, 6) is 2.86. The first-order valence-corrected chi connectivity index (χ1v) is 8.40. The van der Waals surface area contributed by atoms with Crippen LogP contribution in [0.3, 0.4) is 0 Å². The minimum atomic E-state index is 0.674. The van der Waals surface area contributed by atoms with Crippen molar-refractivity contribution >= 4 is 11.8 Å². The lowest BCUT2D eigenvalue weighted by Crippen LogP contribution is -2.18. The Morgan fingerprint density at radius 2 is 2.19 bits per heavy atom. The molecule has 0 bridgehead atoms. The van der Waals surface area contributed by atoms with Gasteiger partial charge in [-0.3, -0.25) is 0 Å². The lowest BCUT2D eigenvalue weighted by molar-refractivity contribution is 0.385. The Hall–Kier alpha value is -1.33. The predicted octanol–water partition coefficient (Wildman–Crippen LogP) is 3.67. The van der Waals surface area contributed by atoms with Gasteiger partial charge in [-0.25, -0.2) is 0 Å². The number of aryl methyl sites for hydroxylation is 1. The molecule has 0 aliphatic heterocycles. The quantitative estimate of drug-likeness (QED) is 0.754. The molecule has 0 fully saturated rings. The number of nitrogens with zero attached hydrogens (tertiary/aromatic N) is 2. The standard InChI is InChI=1S/C16H23N3OS/c1-4-15-18-16(20-19-15)11-21-14-7-5-6-13(8-14)10-17-9-12(2)3/h5-8,12,17H,4,9-11H2,1-3H3. The SMILES string of the molecule is CCc1noc(CSc2cccc(CNCC(C)C)c2)n1. The second-order valence-electron chi connectivity index (χ2n) is 5.42. The highest BCUT2D eigenvalue weighted by molar-refractivity contribution is 7.98. The molecule has 21 heavy (non-hydrogen) atoms. The normalized spacial score (nSPS) is 11.2. The van der Waals surface area contributed by atoms with Crippen LogP contribution in [0.25, 0.3) is 0 Å². The van der Waals surface area contributed by atoms with Gasteiger partial charge in [-0.2, -0.15) is 4.98 Å². The lowest BCUT2D eigenvalue weighted by atomic mass is 10.2. The number of hydrogen-bond acceptors (Lipinski definition) is 5. The van der Waals surface area contributed by atoms with Crippen LogP contribution in [0, 0.1) is 5.92 Å². The van der Waals surface area contributed by atoms with Crippen molar-refractivity contribution in [1.82, 2.24) is 15.5 Å². The van der Waals surface area contributed by atoms with Crippen LogP contribution in [0.15, 0.2) is 33.7 Å². The number of rotatable bonds is 8. The lowest BCUT2D eigenvalue weighted by Gasteiger charge is -2.08. The van der Waals surface area contributed by atoms with E-state index in [0.29, 0.717) is 11.8 Å². The maximum Gasteiger partial charge on any atom is 0.237 e. The second kappa shape index (κ2) is 8.20. The molecule has 0 amide bonds. The molecule has 0 aliphatic rings. The summed E-state index contributed by atoms with van der Waals surface area (Å²) in [6.45, 7) is 8.41. The van der Waals surface area contributed by atoms with Gasteiger partial charge in [0.15, 0.2) is 5.82 Å².